The van der Waals surface area contributed by atoms with E-state index in [1.54, 1.807) is 29.2 Å². The van der Waals surface area contributed by atoms with Gasteiger partial charge in [-0.1, -0.05) is 0 Å². The first-order valence-corrected chi connectivity index (χ1v) is 11.0. The number of ether oxygens (including phenoxy) is 2. The van der Waals surface area contributed by atoms with Crippen molar-refractivity contribution in [1.29, 1.82) is 0 Å². The van der Waals surface area contributed by atoms with Crippen molar-refractivity contribution in [2.45, 2.75) is 18.6 Å². The number of likely N-dealkylation sites (tertiary alicyclic amines) is 1. The predicted octanol–water partition coefficient (Wildman–Crippen LogP) is 1.87. The molecule has 2 heterocycles. The topological polar surface area (TPSA) is 169 Å². The van der Waals surface area contributed by atoms with Crippen molar-refractivity contribution in [1.82, 2.24) is 4.90 Å². The van der Waals surface area contributed by atoms with Crippen LogP contribution in [0.4, 0.5) is 21.9 Å². The van der Waals surface area contributed by atoms with Gasteiger partial charge in [-0.15, -0.1) is 0 Å². The zero-order valence-corrected chi connectivity index (χ0v) is 18.9. The number of anilines is 2. The number of carboxylic acid groups (broad SMARTS) is 1. The monoisotopic (exact) mass is 498 g/mol. The van der Waals surface area contributed by atoms with E-state index in [1.807, 2.05) is 0 Å². The lowest BCUT2D eigenvalue weighted by molar-refractivity contribution is -0.384. The Bertz CT molecular complexity index is 1180. The molecule has 0 aliphatic carbocycles. The first-order valence-electron chi connectivity index (χ1n) is 11.0. The van der Waals surface area contributed by atoms with E-state index in [9.17, 15) is 34.4 Å². The van der Waals surface area contributed by atoms with E-state index in [1.165, 1.54) is 12.1 Å². The summed E-state index contributed by atoms with van der Waals surface area (Å²) in [6.45, 7) is 0.637. The van der Waals surface area contributed by atoms with Gasteiger partial charge in [0, 0.05) is 36.5 Å². The van der Waals surface area contributed by atoms with Gasteiger partial charge in [-0.05, 0) is 36.4 Å². The van der Waals surface area contributed by atoms with E-state index in [0.29, 0.717) is 24.5 Å². The van der Waals surface area contributed by atoms with E-state index in [0.717, 1.165) is 17.0 Å². The summed E-state index contributed by atoms with van der Waals surface area (Å²) >= 11 is 0. The normalized spacial score (nSPS) is 19.6. The van der Waals surface area contributed by atoms with Crippen LogP contribution in [0.15, 0.2) is 48.5 Å². The van der Waals surface area contributed by atoms with Crippen LogP contribution in [0.2, 0.25) is 0 Å². The molecule has 0 unspecified atom stereocenters. The van der Waals surface area contributed by atoms with Gasteiger partial charge in [-0.2, -0.15) is 0 Å². The molecule has 0 spiro atoms. The maximum Gasteiger partial charge on any atom is 0.408 e. The van der Waals surface area contributed by atoms with E-state index in [-0.39, 0.29) is 36.7 Å². The molecule has 3 amide bonds. The van der Waals surface area contributed by atoms with Gasteiger partial charge in [0.2, 0.25) is 5.91 Å². The highest BCUT2D eigenvalue weighted by Crippen LogP contribution is 2.25. The van der Waals surface area contributed by atoms with Crippen LogP contribution in [0.1, 0.15) is 16.8 Å². The van der Waals surface area contributed by atoms with Crippen LogP contribution in [0.3, 0.4) is 0 Å². The van der Waals surface area contributed by atoms with Crippen molar-refractivity contribution in [2.75, 3.05) is 36.5 Å². The van der Waals surface area contributed by atoms with E-state index >= 15 is 0 Å². The van der Waals surface area contributed by atoms with Crippen LogP contribution in [-0.2, 0) is 19.1 Å². The Morgan fingerprint density at radius 1 is 1.11 bits per heavy atom. The molecular weight excluding hydrogens is 476 g/mol. The fraction of sp³-hybridized carbons (Fsp3) is 0.304. The Kier molecular flexibility index (Phi) is 7.10. The average Bonchev–Trinajstić information content (AvgIpc) is 3.29. The number of amides is 3. The second-order valence-corrected chi connectivity index (χ2v) is 8.15. The highest BCUT2D eigenvalue weighted by atomic mass is 16.6. The summed E-state index contributed by atoms with van der Waals surface area (Å²) in [6.07, 6.45) is -2.28. The predicted molar refractivity (Wildman–Crippen MR) is 124 cm³/mol. The van der Waals surface area contributed by atoms with Crippen LogP contribution in [0.25, 0.3) is 0 Å². The van der Waals surface area contributed by atoms with Gasteiger partial charge in [0.05, 0.1) is 23.6 Å². The molecule has 0 radical (unpaired) electrons. The number of nitro benzene ring substituents is 1. The number of carbonyl (C=O) groups is 4. The lowest BCUT2D eigenvalue weighted by Crippen LogP contribution is -2.42. The summed E-state index contributed by atoms with van der Waals surface area (Å²) in [7, 11) is 0. The molecule has 13 heteroatoms. The molecule has 0 saturated carbocycles. The second kappa shape index (κ2) is 10.4. The number of carbonyl (C=O) groups excluding carboxylic acids is 3. The van der Waals surface area contributed by atoms with Gasteiger partial charge in [-0.25, -0.2) is 9.59 Å². The maximum atomic E-state index is 12.9. The first kappa shape index (κ1) is 24.6. The number of morpholine rings is 1. The van der Waals surface area contributed by atoms with Crippen molar-refractivity contribution < 1.29 is 38.7 Å². The third-order valence-corrected chi connectivity index (χ3v) is 5.83. The molecule has 2 atom stereocenters. The average molecular weight is 498 g/mol. The van der Waals surface area contributed by atoms with Crippen LogP contribution in [0, 0.1) is 10.1 Å². The Balaban J connectivity index is 1.38. The largest absolute Gasteiger partial charge is 0.465 e. The number of benzene rings is 2. The number of non-ortho nitro benzene ring substituents is 1. The number of hydrogen-bond acceptors (Lipinski definition) is 8. The molecule has 2 aliphatic heterocycles. The Morgan fingerprint density at radius 2 is 1.81 bits per heavy atom. The number of nitrogens with zero attached hydrogens (tertiary/aromatic N) is 3. The number of nitrogens with one attached hydrogen (secondary N) is 1. The Hall–Kier alpha value is -4.52. The van der Waals surface area contributed by atoms with Crippen LogP contribution >= 0.6 is 0 Å². The molecule has 36 heavy (non-hydrogen) atoms. The SMILES string of the molecule is O=C(O[C@H]1C[C@H](C(=O)Nc2ccc(N3CCOCC3=O)cc2)N(C(=O)O)C1)c1ccc([N+](=O)[O-])cc1. The molecule has 2 aliphatic rings. The number of rotatable bonds is 6. The second-order valence-electron chi connectivity index (χ2n) is 8.15. The summed E-state index contributed by atoms with van der Waals surface area (Å²) in [5.74, 6) is -1.55. The molecule has 2 fully saturated rings. The quantitative estimate of drug-likeness (QED) is 0.343. The molecule has 2 saturated heterocycles. The van der Waals surface area contributed by atoms with Crippen LogP contribution < -0.4 is 10.2 Å². The van der Waals surface area contributed by atoms with Crippen molar-refractivity contribution in [3.05, 3.63) is 64.2 Å². The Labute approximate surface area is 204 Å². The van der Waals surface area contributed by atoms with Gasteiger partial charge >= 0.3 is 12.1 Å². The fourth-order valence-corrected chi connectivity index (χ4v) is 4.02. The minimum absolute atomic E-state index is 0.00112. The molecule has 2 aromatic carbocycles. The van der Waals surface area contributed by atoms with Crippen molar-refractivity contribution in [3.8, 4) is 0 Å². The molecule has 4 rings (SSSR count). The molecule has 0 aromatic heterocycles. The molecule has 0 bridgehead atoms. The van der Waals surface area contributed by atoms with Gasteiger partial charge in [-0.3, -0.25) is 24.6 Å². The number of nitro groups is 1. The van der Waals surface area contributed by atoms with Gasteiger partial charge in [0.25, 0.3) is 11.6 Å². The van der Waals surface area contributed by atoms with Gasteiger partial charge in [0.1, 0.15) is 18.8 Å². The summed E-state index contributed by atoms with van der Waals surface area (Å²) in [6, 6.07) is 10.2. The van der Waals surface area contributed by atoms with Crippen LogP contribution in [-0.4, -0.2) is 77.3 Å². The van der Waals surface area contributed by atoms with Crippen molar-refractivity contribution >= 4 is 40.9 Å². The summed E-state index contributed by atoms with van der Waals surface area (Å²) < 4.78 is 10.5. The van der Waals surface area contributed by atoms with Gasteiger partial charge in [0.15, 0.2) is 0 Å². The summed E-state index contributed by atoms with van der Waals surface area (Å²) in [5.41, 5.74) is 0.925. The molecular formula is C23H22N4O9. The van der Waals surface area contributed by atoms with Crippen LogP contribution in [0.5, 0.6) is 0 Å². The first-order chi connectivity index (χ1) is 17.2. The standard InChI is InChI=1S/C23H22N4O9/c28-20-13-35-10-9-25(20)16-7-3-15(4-8-16)24-21(29)19-11-18(12-26(19)23(31)32)36-22(30)14-1-5-17(6-2-14)27(33)34/h1-8,18-19H,9-13H2,(H,24,29)(H,31,32)/t18-,19+/m0/s1. The van der Waals surface area contributed by atoms with E-state index in [4.69, 9.17) is 9.47 Å². The van der Waals surface area contributed by atoms with E-state index in [2.05, 4.69) is 5.32 Å². The molecule has 13 nitrogen and oxygen atoms in total. The molecule has 2 N–H and O–H groups in total. The highest BCUT2D eigenvalue weighted by molar-refractivity contribution is 5.98. The zero-order chi connectivity index (χ0) is 25.8. The third-order valence-electron chi connectivity index (χ3n) is 5.83. The van der Waals surface area contributed by atoms with E-state index < -0.39 is 35.0 Å². The fourth-order valence-electron chi connectivity index (χ4n) is 4.02. The third kappa shape index (κ3) is 5.41. The number of esters is 1. The minimum Gasteiger partial charge on any atom is -0.465 e. The zero-order valence-electron chi connectivity index (χ0n) is 18.9. The maximum absolute atomic E-state index is 12.9. The lowest BCUT2D eigenvalue weighted by Gasteiger charge is -2.27. The highest BCUT2D eigenvalue weighted by Gasteiger charge is 2.41. The summed E-state index contributed by atoms with van der Waals surface area (Å²) in [5, 5.41) is 23.0. The van der Waals surface area contributed by atoms with Crippen molar-refractivity contribution in [3.63, 3.8) is 0 Å². The smallest absolute Gasteiger partial charge is 0.408 e. The number of hydrogen-bond donors (Lipinski definition) is 2. The lowest BCUT2D eigenvalue weighted by atomic mass is 10.1. The Morgan fingerprint density at radius 3 is 2.42 bits per heavy atom. The minimum atomic E-state index is -1.34. The molecule has 2 aromatic rings. The summed E-state index contributed by atoms with van der Waals surface area (Å²) in [4.78, 5) is 61.6. The molecule has 188 valence electrons. The van der Waals surface area contributed by atoms with Crippen molar-refractivity contribution in [2.24, 2.45) is 0 Å². The van der Waals surface area contributed by atoms with Gasteiger partial charge < -0.3 is 24.8 Å².